The van der Waals surface area contributed by atoms with Gasteiger partial charge in [0, 0.05) is 39.2 Å². The van der Waals surface area contributed by atoms with Crippen LogP contribution >= 0.6 is 0 Å². The van der Waals surface area contributed by atoms with Crippen molar-refractivity contribution in [1.29, 1.82) is 0 Å². The van der Waals surface area contributed by atoms with E-state index in [0.29, 0.717) is 23.1 Å². The zero-order valence-corrected chi connectivity index (χ0v) is 24.3. The molecule has 0 atom stereocenters. The summed E-state index contributed by atoms with van der Waals surface area (Å²) in [5.74, 6) is 1.78. The molecule has 0 saturated heterocycles. The number of allylic oxidation sites excluding steroid dienone is 1. The quantitative estimate of drug-likeness (QED) is 0.208. The minimum Gasteiger partial charge on any atom is -0.454 e. The second-order valence-corrected chi connectivity index (χ2v) is 11.4. The van der Waals surface area contributed by atoms with Crippen molar-refractivity contribution in [3.05, 3.63) is 144 Å². The molecule has 0 N–H and O–H groups in total. The van der Waals surface area contributed by atoms with Gasteiger partial charge in [0.25, 0.3) is 0 Å². The number of aryl methyl sites for hydroxylation is 1. The van der Waals surface area contributed by atoms with Gasteiger partial charge in [0.2, 0.25) is 0 Å². The maximum absolute atomic E-state index is 6.59. The van der Waals surface area contributed by atoms with Gasteiger partial charge in [-0.25, -0.2) is 15.0 Å². The number of para-hydroxylation sites is 1. The highest BCUT2D eigenvalue weighted by molar-refractivity contribution is 6.14. The van der Waals surface area contributed by atoms with Crippen molar-refractivity contribution >= 4 is 44.4 Å². The molecule has 5 aromatic carbocycles. The Hall–Kier alpha value is -5.94. The number of hydrogen-bond acceptors (Lipinski definition) is 5. The first-order valence-corrected chi connectivity index (χ1v) is 15.2. The van der Waals surface area contributed by atoms with Gasteiger partial charge in [-0.05, 0) is 46.4 Å². The van der Waals surface area contributed by atoms with Gasteiger partial charge < -0.3 is 4.42 Å². The molecular formula is C40H26N4O. The number of nitrogens with zero attached hydrogens (tertiary/aromatic N) is 4. The largest absolute Gasteiger partial charge is 0.454 e. The van der Waals surface area contributed by atoms with E-state index in [2.05, 4.69) is 89.9 Å². The second-order valence-electron chi connectivity index (χ2n) is 11.4. The Morgan fingerprint density at radius 1 is 0.556 bits per heavy atom. The molecule has 3 aromatic heterocycles. The van der Waals surface area contributed by atoms with Gasteiger partial charge in [-0.2, -0.15) is 0 Å². The maximum Gasteiger partial charge on any atom is 0.166 e. The number of rotatable bonds is 4. The van der Waals surface area contributed by atoms with E-state index in [4.69, 9.17) is 19.4 Å². The van der Waals surface area contributed by atoms with Crippen molar-refractivity contribution in [3.63, 3.8) is 0 Å². The minimum atomic E-state index is 0.559. The molecule has 0 unspecified atom stereocenters. The molecule has 5 heteroatoms. The normalized spacial score (nSPS) is 12.8. The van der Waals surface area contributed by atoms with E-state index in [0.717, 1.165) is 56.8 Å². The van der Waals surface area contributed by atoms with Crippen LogP contribution in [0.3, 0.4) is 0 Å². The lowest BCUT2D eigenvalue weighted by molar-refractivity contribution is 0.665. The highest BCUT2D eigenvalue weighted by Crippen LogP contribution is 2.41. The van der Waals surface area contributed by atoms with Crippen LogP contribution in [0.25, 0.3) is 78.5 Å². The monoisotopic (exact) mass is 578 g/mol. The summed E-state index contributed by atoms with van der Waals surface area (Å²) in [7, 11) is 0. The van der Waals surface area contributed by atoms with Crippen molar-refractivity contribution in [3.8, 4) is 34.2 Å². The molecule has 5 nitrogen and oxygen atoms in total. The molecule has 1 aliphatic carbocycles. The molecule has 3 heterocycles. The van der Waals surface area contributed by atoms with Gasteiger partial charge in [-0.1, -0.05) is 115 Å². The van der Waals surface area contributed by atoms with Gasteiger partial charge in [0.15, 0.2) is 23.1 Å². The summed E-state index contributed by atoms with van der Waals surface area (Å²) in [6.07, 6.45) is 7.90. The fourth-order valence-electron chi connectivity index (χ4n) is 6.49. The van der Waals surface area contributed by atoms with Crippen LogP contribution in [0.4, 0.5) is 0 Å². The average molecular weight is 579 g/mol. The van der Waals surface area contributed by atoms with Gasteiger partial charge in [-0.15, -0.1) is 0 Å². The Kier molecular flexibility index (Phi) is 5.88. The number of fused-ring (bicyclic) bond motifs is 5. The summed E-state index contributed by atoms with van der Waals surface area (Å²) in [6, 6.07) is 39.7. The molecule has 0 saturated carbocycles. The SMILES string of the molecule is C1=C(c2cccc3c2oc2cncc(-c4nc(-c5ccccc5)nc(-c5ccc6ccccc6c5)n4)c23)CCc2ccccc21. The Labute approximate surface area is 259 Å². The van der Waals surface area contributed by atoms with Gasteiger partial charge >= 0.3 is 0 Å². The predicted molar refractivity (Wildman–Crippen MR) is 181 cm³/mol. The van der Waals surface area contributed by atoms with Crippen LogP contribution in [-0.4, -0.2) is 19.9 Å². The van der Waals surface area contributed by atoms with E-state index in [1.54, 1.807) is 6.20 Å². The van der Waals surface area contributed by atoms with Crippen LogP contribution in [0.2, 0.25) is 0 Å². The van der Waals surface area contributed by atoms with Crippen LogP contribution in [0.5, 0.6) is 0 Å². The first-order chi connectivity index (χ1) is 22.3. The van der Waals surface area contributed by atoms with E-state index < -0.39 is 0 Å². The Morgan fingerprint density at radius 3 is 2.24 bits per heavy atom. The van der Waals surface area contributed by atoms with Crippen LogP contribution in [-0.2, 0) is 6.42 Å². The van der Waals surface area contributed by atoms with Gasteiger partial charge in [-0.3, -0.25) is 4.98 Å². The molecule has 0 bridgehead atoms. The zero-order chi connectivity index (χ0) is 29.7. The number of pyridine rings is 1. The molecule has 0 fully saturated rings. The van der Waals surface area contributed by atoms with Gasteiger partial charge in [0.05, 0.1) is 6.20 Å². The van der Waals surface area contributed by atoms with E-state index in [-0.39, 0.29) is 0 Å². The molecule has 0 amide bonds. The number of aromatic nitrogens is 4. The number of benzene rings is 5. The fraction of sp³-hybridized carbons (Fsp3) is 0.0500. The van der Waals surface area contributed by atoms with Crippen molar-refractivity contribution in [2.75, 3.05) is 0 Å². The third-order valence-electron chi connectivity index (χ3n) is 8.72. The minimum absolute atomic E-state index is 0.559. The number of hydrogen-bond donors (Lipinski definition) is 0. The first kappa shape index (κ1) is 25.5. The Morgan fingerprint density at radius 2 is 1.33 bits per heavy atom. The smallest absolute Gasteiger partial charge is 0.166 e. The number of furan rings is 1. The summed E-state index contributed by atoms with van der Waals surface area (Å²) in [5, 5.41) is 4.28. The van der Waals surface area contributed by atoms with Crippen LogP contribution in [0.1, 0.15) is 23.1 Å². The molecule has 1 aliphatic rings. The zero-order valence-electron chi connectivity index (χ0n) is 24.3. The Bertz CT molecular complexity index is 2440. The van der Waals surface area contributed by atoms with Crippen molar-refractivity contribution in [1.82, 2.24) is 19.9 Å². The molecule has 8 aromatic rings. The van der Waals surface area contributed by atoms with E-state index in [1.807, 2.05) is 42.6 Å². The average Bonchev–Trinajstić information content (AvgIpc) is 3.51. The van der Waals surface area contributed by atoms with E-state index in [9.17, 15) is 0 Å². The van der Waals surface area contributed by atoms with E-state index >= 15 is 0 Å². The third-order valence-corrected chi connectivity index (χ3v) is 8.72. The summed E-state index contributed by atoms with van der Waals surface area (Å²) in [5.41, 5.74) is 9.28. The lowest BCUT2D eigenvalue weighted by atomic mass is 9.88. The van der Waals surface area contributed by atoms with Crippen LogP contribution in [0, 0.1) is 0 Å². The Balaban J connectivity index is 1.25. The van der Waals surface area contributed by atoms with Crippen LogP contribution < -0.4 is 0 Å². The maximum atomic E-state index is 6.59. The molecule has 0 radical (unpaired) electrons. The molecule has 0 aliphatic heterocycles. The molecule has 0 spiro atoms. The molecule has 9 rings (SSSR count). The fourth-order valence-corrected chi connectivity index (χ4v) is 6.49. The topological polar surface area (TPSA) is 64.7 Å². The van der Waals surface area contributed by atoms with Crippen molar-refractivity contribution < 1.29 is 4.42 Å². The third kappa shape index (κ3) is 4.40. The highest BCUT2D eigenvalue weighted by Gasteiger charge is 2.21. The standard InChI is InChI=1S/C40H26N4O/c1-2-11-27(12-3-1)38-42-39(31-20-18-26-10-5-7-14-29(26)22-31)44-40(43-38)34-23-41-24-35-36(34)33-16-8-15-32(37(33)45-35)30-19-17-25-9-4-6-13-28(25)21-30/h1-16,18,20-24H,17,19H2. The lowest BCUT2D eigenvalue weighted by Gasteiger charge is -2.16. The van der Waals surface area contributed by atoms with Gasteiger partial charge in [0.1, 0.15) is 5.58 Å². The molecular weight excluding hydrogens is 552 g/mol. The van der Waals surface area contributed by atoms with Crippen LogP contribution in [0.15, 0.2) is 132 Å². The van der Waals surface area contributed by atoms with Crippen molar-refractivity contribution in [2.45, 2.75) is 12.8 Å². The second kappa shape index (κ2) is 10.4. The van der Waals surface area contributed by atoms with Crippen molar-refractivity contribution in [2.24, 2.45) is 0 Å². The molecule has 212 valence electrons. The summed E-state index contributed by atoms with van der Waals surface area (Å²) < 4.78 is 6.59. The first-order valence-electron chi connectivity index (χ1n) is 15.2. The summed E-state index contributed by atoms with van der Waals surface area (Å²) in [6.45, 7) is 0. The lowest BCUT2D eigenvalue weighted by Crippen LogP contribution is -2.00. The molecule has 45 heavy (non-hydrogen) atoms. The predicted octanol–water partition coefficient (Wildman–Crippen LogP) is 9.81. The highest BCUT2D eigenvalue weighted by atomic mass is 16.3. The van der Waals surface area contributed by atoms with E-state index in [1.165, 1.54) is 22.1 Å². The summed E-state index contributed by atoms with van der Waals surface area (Å²) >= 11 is 0. The summed E-state index contributed by atoms with van der Waals surface area (Å²) in [4.78, 5) is 19.6.